The molecule has 0 radical (unpaired) electrons. The Bertz CT molecular complexity index is 604. The van der Waals surface area contributed by atoms with E-state index in [4.69, 9.17) is 4.74 Å². The fraction of sp³-hybridized carbons (Fsp3) is 0.882. The SMILES string of the molecule is COCCCNC(=O)CN1CCN(C(=O)C2CCCCN2S(C)(=O)=O)CC1. The van der Waals surface area contributed by atoms with Gasteiger partial charge in [0.2, 0.25) is 21.8 Å². The van der Waals surface area contributed by atoms with Gasteiger partial charge in [0.15, 0.2) is 0 Å². The minimum absolute atomic E-state index is 0.0265. The number of ether oxygens (including phenoxy) is 1. The van der Waals surface area contributed by atoms with Crippen LogP contribution in [0.5, 0.6) is 0 Å². The predicted molar refractivity (Wildman–Crippen MR) is 102 cm³/mol. The lowest BCUT2D eigenvalue weighted by atomic mass is 10.0. The van der Waals surface area contributed by atoms with Gasteiger partial charge in [0.25, 0.3) is 0 Å². The van der Waals surface area contributed by atoms with E-state index in [0.717, 1.165) is 19.3 Å². The van der Waals surface area contributed by atoms with E-state index in [-0.39, 0.29) is 11.8 Å². The number of methoxy groups -OCH3 is 1. The second-order valence-corrected chi connectivity index (χ2v) is 9.12. The Balaban J connectivity index is 1.79. The molecule has 2 rings (SSSR count). The van der Waals surface area contributed by atoms with Crippen LogP contribution in [0, 0.1) is 0 Å². The Kier molecular flexibility index (Phi) is 8.46. The number of sulfonamides is 1. The Morgan fingerprint density at radius 2 is 1.81 bits per heavy atom. The van der Waals surface area contributed by atoms with E-state index in [1.165, 1.54) is 10.6 Å². The molecule has 2 aliphatic heterocycles. The number of rotatable bonds is 8. The highest BCUT2D eigenvalue weighted by Crippen LogP contribution is 2.22. The van der Waals surface area contributed by atoms with Gasteiger partial charge in [-0.25, -0.2) is 8.42 Å². The van der Waals surface area contributed by atoms with Crippen LogP contribution in [-0.2, 0) is 24.3 Å². The Labute approximate surface area is 162 Å². The molecule has 0 bridgehead atoms. The van der Waals surface area contributed by atoms with Crippen molar-refractivity contribution in [2.45, 2.75) is 31.7 Å². The Morgan fingerprint density at radius 3 is 2.44 bits per heavy atom. The third-order valence-electron chi connectivity index (χ3n) is 5.06. The zero-order valence-electron chi connectivity index (χ0n) is 16.4. The van der Waals surface area contributed by atoms with Gasteiger partial charge < -0.3 is 15.0 Å². The van der Waals surface area contributed by atoms with Gasteiger partial charge in [0, 0.05) is 53.0 Å². The van der Waals surface area contributed by atoms with Crippen molar-refractivity contribution < 1.29 is 22.7 Å². The van der Waals surface area contributed by atoms with Crippen LogP contribution in [0.25, 0.3) is 0 Å². The molecule has 10 heteroatoms. The molecule has 27 heavy (non-hydrogen) atoms. The number of piperidine rings is 1. The zero-order valence-corrected chi connectivity index (χ0v) is 17.2. The van der Waals surface area contributed by atoms with Crippen LogP contribution in [0.2, 0.25) is 0 Å². The van der Waals surface area contributed by atoms with Gasteiger partial charge in [0.05, 0.1) is 12.8 Å². The topological polar surface area (TPSA) is 99.3 Å². The fourth-order valence-corrected chi connectivity index (χ4v) is 4.71. The maximum absolute atomic E-state index is 12.9. The van der Waals surface area contributed by atoms with Gasteiger partial charge in [-0.05, 0) is 19.3 Å². The van der Waals surface area contributed by atoms with E-state index in [0.29, 0.717) is 58.8 Å². The molecule has 0 aromatic rings. The van der Waals surface area contributed by atoms with Gasteiger partial charge >= 0.3 is 0 Å². The van der Waals surface area contributed by atoms with Crippen LogP contribution in [-0.4, -0.2) is 106 Å². The molecule has 0 spiro atoms. The quantitative estimate of drug-likeness (QED) is 0.526. The number of hydrogen-bond donors (Lipinski definition) is 1. The number of carbonyl (C=O) groups excluding carboxylic acids is 2. The molecule has 2 fully saturated rings. The number of nitrogens with zero attached hydrogens (tertiary/aromatic N) is 3. The summed E-state index contributed by atoms with van der Waals surface area (Å²) in [6, 6.07) is -0.579. The van der Waals surface area contributed by atoms with Crippen molar-refractivity contribution in [2.24, 2.45) is 0 Å². The number of nitrogens with one attached hydrogen (secondary N) is 1. The highest BCUT2D eigenvalue weighted by Gasteiger charge is 2.37. The molecule has 1 atom stereocenters. The minimum atomic E-state index is -3.38. The summed E-state index contributed by atoms with van der Waals surface area (Å²) in [6.45, 7) is 4.20. The lowest BCUT2D eigenvalue weighted by Gasteiger charge is -2.39. The maximum atomic E-state index is 12.9. The van der Waals surface area contributed by atoms with Crippen molar-refractivity contribution >= 4 is 21.8 Å². The largest absolute Gasteiger partial charge is 0.385 e. The third-order valence-corrected chi connectivity index (χ3v) is 6.35. The molecule has 0 aliphatic carbocycles. The van der Waals surface area contributed by atoms with Gasteiger partial charge in [-0.3, -0.25) is 14.5 Å². The molecule has 156 valence electrons. The Hall–Kier alpha value is -1.23. The van der Waals surface area contributed by atoms with Crippen molar-refractivity contribution in [3.8, 4) is 0 Å². The van der Waals surface area contributed by atoms with E-state index < -0.39 is 16.1 Å². The van der Waals surface area contributed by atoms with Crippen molar-refractivity contribution in [2.75, 3.05) is 65.8 Å². The minimum Gasteiger partial charge on any atom is -0.385 e. The van der Waals surface area contributed by atoms with Crippen LogP contribution >= 0.6 is 0 Å². The van der Waals surface area contributed by atoms with Crippen LogP contribution in [0.15, 0.2) is 0 Å². The maximum Gasteiger partial charge on any atom is 0.241 e. The van der Waals surface area contributed by atoms with Crippen molar-refractivity contribution in [1.29, 1.82) is 0 Å². The van der Waals surface area contributed by atoms with E-state index in [9.17, 15) is 18.0 Å². The summed E-state index contributed by atoms with van der Waals surface area (Å²) in [4.78, 5) is 28.6. The van der Waals surface area contributed by atoms with Gasteiger partial charge in [-0.2, -0.15) is 4.31 Å². The second kappa shape index (κ2) is 10.4. The monoisotopic (exact) mass is 404 g/mol. The van der Waals surface area contributed by atoms with Crippen molar-refractivity contribution in [3.63, 3.8) is 0 Å². The molecule has 2 heterocycles. The molecule has 0 aromatic heterocycles. The number of piperazine rings is 1. The molecule has 1 unspecified atom stereocenters. The summed E-state index contributed by atoms with van der Waals surface area (Å²) >= 11 is 0. The summed E-state index contributed by atoms with van der Waals surface area (Å²) in [5.74, 6) is -0.134. The number of amides is 2. The molecular weight excluding hydrogens is 372 g/mol. The van der Waals surface area contributed by atoms with Crippen LogP contribution in [0.3, 0.4) is 0 Å². The van der Waals surface area contributed by atoms with Crippen LogP contribution in [0.4, 0.5) is 0 Å². The van der Waals surface area contributed by atoms with Crippen molar-refractivity contribution in [3.05, 3.63) is 0 Å². The first-order valence-electron chi connectivity index (χ1n) is 9.56. The zero-order chi connectivity index (χ0) is 19.9. The molecule has 1 N–H and O–H groups in total. The van der Waals surface area contributed by atoms with Crippen molar-refractivity contribution in [1.82, 2.24) is 19.4 Å². The third kappa shape index (κ3) is 6.70. The van der Waals surface area contributed by atoms with E-state index in [1.807, 2.05) is 4.90 Å². The second-order valence-electron chi connectivity index (χ2n) is 7.18. The van der Waals surface area contributed by atoms with Crippen LogP contribution in [0.1, 0.15) is 25.7 Å². The first kappa shape index (κ1) is 22.1. The molecule has 2 aliphatic rings. The lowest BCUT2D eigenvalue weighted by molar-refractivity contribution is -0.138. The van der Waals surface area contributed by atoms with Gasteiger partial charge in [0.1, 0.15) is 6.04 Å². The molecule has 2 saturated heterocycles. The first-order chi connectivity index (χ1) is 12.8. The molecule has 9 nitrogen and oxygen atoms in total. The Morgan fingerprint density at radius 1 is 1.11 bits per heavy atom. The van der Waals surface area contributed by atoms with E-state index >= 15 is 0 Å². The molecule has 0 saturated carbocycles. The number of carbonyl (C=O) groups is 2. The number of hydrogen-bond acceptors (Lipinski definition) is 6. The summed E-state index contributed by atoms with van der Waals surface area (Å²) in [5, 5.41) is 2.86. The normalized spacial score (nSPS) is 22.6. The summed E-state index contributed by atoms with van der Waals surface area (Å²) in [5.41, 5.74) is 0. The van der Waals surface area contributed by atoms with E-state index in [1.54, 1.807) is 12.0 Å². The summed E-state index contributed by atoms with van der Waals surface area (Å²) in [6.07, 6.45) is 4.19. The predicted octanol–water partition coefficient (Wildman–Crippen LogP) is -0.903. The summed E-state index contributed by atoms with van der Waals surface area (Å²) in [7, 11) is -1.75. The fourth-order valence-electron chi connectivity index (χ4n) is 3.59. The first-order valence-corrected chi connectivity index (χ1v) is 11.4. The highest BCUT2D eigenvalue weighted by molar-refractivity contribution is 7.88. The molecule has 2 amide bonds. The summed E-state index contributed by atoms with van der Waals surface area (Å²) < 4.78 is 30.3. The lowest BCUT2D eigenvalue weighted by Crippen LogP contribution is -2.57. The average molecular weight is 405 g/mol. The highest BCUT2D eigenvalue weighted by atomic mass is 32.2. The standard InChI is InChI=1S/C17H32N4O5S/c1-26-13-5-7-18-16(22)14-19-9-11-20(12-10-19)17(23)15-6-3-4-8-21(15)27(2,24)25/h15H,3-14H2,1-2H3,(H,18,22). The van der Waals surface area contributed by atoms with Crippen LogP contribution < -0.4 is 5.32 Å². The van der Waals surface area contributed by atoms with Gasteiger partial charge in [-0.1, -0.05) is 6.42 Å². The van der Waals surface area contributed by atoms with Gasteiger partial charge in [-0.15, -0.1) is 0 Å². The van der Waals surface area contributed by atoms with E-state index in [2.05, 4.69) is 5.32 Å². The molecular formula is C17H32N4O5S. The average Bonchev–Trinajstić information content (AvgIpc) is 2.64. The smallest absolute Gasteiger partial charge is 0.241 e. The molecule has 0 aromatic carbocycles.